The van der Waals surface area contributed by atoms with Crippen LogP contribution >= 0.6 is 23.1 Å². The van der Waals surface area contributed by atoms with E-state index in [2.05, 4.69) is 20.8 Å². The summed E-state index contributed by atoms with van der Waals surface area (Å²) in [6.07, 6.45) is 0. The molecule has 2 rings (SSSR count). The number of carbonyl (C=O) groups excluding carboxylic acids is 1. The fraction of sp³-hybridized carbons (Fsp3) is 0.500. The van der Waals surface area contributed by atoms with Crippen LogP contribution in [0.4, 0.5) is 0 Å². The Hall–Kier alpha value is -1.41. The van der Waals surface area contributed by atoms with Gasteiger partial charge >= 0.3 is 0 Å². The highest BCUT2D eigenvalue weighted by Crippen LogP contribution is 2.17. The lowest BCUT2D eigenvalue weighted by atomic mass is 10.1. The number of nitrogens with zero attached hydrogens (tertiary/aromatic N) is 4. The highest BCUT2D eigenvalue weighted by atomic mass is 32.2. The predicted octanol–water partition coefficient (Wildman–Crippen LogP) is 1.79. The fourth-order valence-electron chi connectivity index (χ4n) is 1.53. The first-order valence-corrected chi connectivity index (χ1v) is 8.03. The Bertz CT molecular complexity index is 559. The molecule has 1 N–H and O–H groups in total. The molecule has 0 saturated carbocycles. The molecule has 0 spiro atoms. The van der Waals surface area contributed by atoms with Crippen LogP contribution in [0, 0.1) is 0 Å². The van der Waals surface area contributed by atoms with Crippen molar-refractivity contribution in [1.82, 2.24) is 25.5 Å². The van der Waals surface area contributed by atoms with Gasteiger partial charge in [-0.15, -0.1) is 16.4 Å². The zero-order valence-electron chi connectivity index (χ0n) is 11.7. The van der Waals surface area contributed by atoms with Crippen LogP contribution < -0.4 is 5.32 Å². The summed E-state index contributed by atoms with van der Waals surface area (Å²) in [6.45, 7) is 6.50. The number of nitrogens with one attached hydrogen (secondary N) is 1. The Morgan fingerprint density at radius 1 is 1.50 bits per heavy atom. The average Bonchev–Trinajstić information content (AvgIpc) is 2.96. The van der Waals surface area contributed by atoms with Crippen molar-refractivity contribution in [2.75, 3.05) is 5.75 Å². The van der Waals surface area contributed by atoms with Gasteiger partial charge in [-0.3, -0.25) is 4.79 Å². The number of thioether (sulfide) groups is 1. The van der Waals surface area contributed by atoms with Crippen LogP contribution in [0.15, 0.2) is 22.7 Å². The molecule has 0 aliphatic carbocycles. The molecule has 0 bridgehead atoms. The molecular formula is C12H17N5OS2. The number of amides is 1. The van der Waals surface area contributed by atoms with Gasteiger partial charge in [0, 0.05) is 10.4 Å². The van der Waals surface area contributed by atoms with Crippen molar-refractivity contribution in [2.24, 2.45) is 0 Å². The van der Waals surface area contributed by atoms with Gasteiger partial charge in [-0.1, -0.05) is 17.8 Å². The summed E-state index contributed by atoms with van der Waals surface area (Å²) in [7, 11) is 0. The van der Waals surface area contributed by atoms with E-state index in [0.29, 0.717) is 17.5 Å². The molecule has 8 heteroatoms. The Labute approximate surface area is 126 Å². The van der Waals surface area contributed by atoms with Crippen molar-refractivity contribution in [1.29, 1.82) is 0 Å². The molecule has 20 heavy (non-hydrogen) atoms. The second-order valence-electron chi connectivity index (χ2n) is 5.29. The van der Waals surface area contributed by atoms with Crippen LogP contribution in [0.3, 0.4) is 0 Å². The Kier molecular flexibility index (Phi) is 4.77. The van der Waals surface area contributed by atoms with E-state index in [-0.39, 0.29) is 11.4 Å². The lowest BCUT2D eigenvalue weighted by Gasteiger charge is -2.20. The first kappa shape index (κ1) is 15.0. The molecule has 0 aromatic carbocycles. The molecular weight excluding hydrogens is 294 g/mol. The zero-order chi connectivity index (χ0) is 14.6. The largest absolute Gasteiger partial charge is 0.351 e. The molecule has 6 nitrogen and oxygen atoms in total. The summed E-state index contributed by atoms with van der Waals surface area (Å²) >= 11 is 3.00. The third-order valence-electron chi connectivity index (χ3n) is 2.23. The molecule has 2 aromatic heterocycles. The molecule has 1 amide bonds. The quantitative estimate of drug-likeness (QED) is 0.852. The van der Waals surface area contributed by atoms with Gasteiger partial charge in [0.15, 0.2) is 0 Å². The maximum Gasteiger partial charge on any atom is 0.230 e. The van der Waals surface area contributed by atoms with E-state index in [1.54, 1.807) is 16.0 Å². The molecule has 0 saturated heterocycles. The third-order valence-corrected chi connectivity index (χ3v) is 4.05. The summed E-state index contributed by atoms with van der Waals surface area (Å²) in [6, 6.07) is 4.03. The maximum absolute atomic E-state index is 11.8. The van der Waals surface area contributed by atoms with Gasteiger partial charge in [-0.2, -0.15) is 0 Å². The molecule has 2 aromatic rings. The van der Waals surface area contributed by atoms with Crippen LogP contribution in [-0.4, -0.2) is 37.4 Å². The van der Waals surface area contributed by atoms with Crippen molar-refractivity contribution < 1.29 is 4.79 Å². The summed E-state index contributed by atoms with van der Waals surface area (Å²) in [5, 5.41) is 17.2. The topological polar surface area (TPSA) is 72.7 Å². The average molecular weight is 311 g/mol. The van der Waals surface area contributed by atoms with E-state index in [9.17, 15) is 4.79 Å². The lowest BCUT2D eigenvalue weighted by molar-refractivity contribution is -0.119. The van der Waals surface area contributed by atoms with Gasteiger partial charge in [-0.05, 0) is 42.6 Å². The molecule has 0 fully saturated rings. The summed E-state index contributed by atoms with van der Waals surface area (Å²) in [5.41, 5.74) is -0.222. The van der Waals surface area contributed by atoms with Crippen LogP contribution in [0.5, 0.6) is 0 Å². The second-order valence-corrected chi connectivity index (χ2v) is 7.26. The summed E-state index contributed by atoms with van der Waals surface area (Å²) in [5.74, 6) is 0.287. The zero-order valence-corrected chi connectivity index (χ0v) is 13.3. The van der Waals surface area contributed by atoms with E-state index in [1.807, 2.05) is 38.3 Å². The molecule has 0 atom stereocenters. The summed E-state index contributed by atoms with van der Waals surface area (Å²) < 4.78 is 1.71. The first-order valence-electron chi connectivity index (χ1n) is 6.16. The van der Waals surface area contributed by atoms with Crippen molar-refractivity contribution in [3.05, 3.63) is 22.4 Å². The van der Waals surface area contributed by atoms with Crippen molar-refractivity contribution in [3.8, 4) is 0 Å². The Balaban J connectivity index is 1.91. The van der Waals surface area contributed by atoms with Gasteiger partial charge in [0.2, 0.25) is 11.1 Å². The van der Waals surface area contributed by atoms with Gasteiger partial charge in [0.25, 0.3) is 0 Å². The van der Waals surface area contributed by atoms with E-state index in [1.165, 1.54) is 16.6 Å². The number of hydrogen-bond acceptors (Lipinski definition) is 6. The smallest absolute Gasteiger partial charge is 0.230 e. The van der Waals surface area contributed by atoms with Crippen LogP contribution in [0.2, 0.25) is 0 Å². The minimum atomic E-state index is -0.222. The second kappa shape index (κ2) is 6.36. The highest BCUT2D eigenvalue weighted by molar-refractivity contribution is 7.99. The SMILES string of the molecule is CC(C)(C)NC(=O)CSc1nnnn1Cc1cccs1. The molecule has 0 aliphatic heterocycles. The van der Waals surface area contributed by atoms with Gasteiger partial charge in [-0.25, -0.2) is 4.68 Å². The number of carbonyl (C=O) groups is 1. The number of rotatable bonds is 5. The Morgan fingerprint density at radius 3 is 2.95 bits per heavy atom. The van der Waals surface area contributed by atoms with Crippen LogP contribution in [0.25, 0.3) is 0 Å². The van der Waals surface area contributed by atoms with Gasteiger partial charge in [0.05, 0.1) is 12.3 Å². The highest BCUT2D eigenvalue weighted by Gasteiger charge is 2.15. The third kappa shape index (κ3) is 4.61. The van der Waals surface area contributed by atoms with Crippen LogP contribution in [0.1, 0.15) is 25.6 Å². The number of thiophene rings is 1. The van der Waals surface area contributed by atoms with Gasteiger partial charge < -0.3 is 5.32 Å². The fourth-order valence-corrected chi connectivity index (χ4v) is 2.90. The van der Waals surface area contributed by atoms with Crippen molar-refractivity contribution >= 4 is 29.0 Å². The van der Waals surface area contributed by atoms with E-state index in [4.69, 9.17) is 0 Å². The van der Waals surface area contributed by atoms with E-state index < -0.39 is 0 Å². The number of tetrazole rings is 1. The normalized spacial score (nSPS) is 11.6. The van der Waals surface area contributed by atoms with Gasteiger partial charge in [0.1, 0.15) is 0 Å². The van der Waals surface area contributed by atoms with E-state index in [0.717, 1.165) is 0 Å². The minimum Gasteiger partial charge on any atom is -0.351 e. The minimum absolute atomic E-state index is 0.0202. The molecule has 0 radical (unpaired) electrons. The Morgan fingerprint density at radius 2 is 2.30 bits per heavy atom. The van der Waals surface area contributed by atoms with Crippen molar-refractivity contribution in [3.63, 3.8) is 0 Å². The summed E-state index contributed by atoms with van der Waals surface area (Å²) in [4.78, 5) is 13.0. The molecule has 0 unspecified atom stereocenters. The standard InChI is InChI=1S/C12H17N5OS2/c1-12(2,3)13-10(18)8-20-11-14-15-16-17(11)7-9-5-4-6-19-9/h4-6H,7-8H2,1-3H3,(H,13,18). The predicted molar refractivity (Wildman–Crippen MR) is 79.9 cm³/mol. The van der Waals surface area contributed by atoms with Crippen LogP contribution in [-0.2, 0) is 11.3 Å². The first-order chi connectivity index (χ1) is 9.44. The molecule has 2 heterocycles. The molecule has 108 valence electrons. The molecule has 0 aliphatic rings. The lowest BCUT2D eigenvalue weighted by Crippen LogP contribution is -2.41. The number of aromatic nitrogens is 4. The number of hydrogen-bond donors (Lipinski definition) is 1. The van der Waals surface area contributed by atoms with E-state index >= 15 is 0 Å². The monoisotopic (exact) mass is 311 g/mol. The maximum atomic E-state index is 11.8. The van der Waals surface area contributed by atoms with Crippen molar-refractivity contribution in [2.45, 2.75) is 38.0 Å².